The van der Waals surface area contributed by atoms with Gasteiger partial charge in [-0.15, -0.1) is 0 Å². The van der Waals surface area contributed by atoms with E-state index in [0.29, 0.717) is 5.76 Å². The summed E-state index contributed by atoms with van der Waals surface area (Å²) in [7, 11) is 0. The SMILES string of the molecule is O=C(O)CC#Cc1ccc(-c2ccno2)cc1. The molecule has 0 aliphatic heterocycles. The van der Waals surface area contributed by atoms with Gasteiger partial charge in [-0.1, -0.05) is 17.0 Å². The molecule has 2 aromatic rings. The zero-order valence-electron chi connectivity index (χ0n) is 8.88. The highest BCUT2D eigenvalue weighted by Crippen LogP contribution is 2.18. The van der Waals surface area contributed by atoms with E-state index in [9.17, 15) is 4.79 Å². The van der Waals surface area contributed by atoms with Gasteiger partial charge in [-0.3, -0.25) is 4.79 Å². The molecule has 0 saturated heterocycles. The van der Waals surface area contributed by atoms with E-state index in [0.717, 1.165) is 11.1 Å². The number of benzene rings is 1. The average Bonchev–Trinajstić information content (AvgIpc) is 2.83. The molecule has 0 unspecified atom stereocenters. The Bertz CT molecular complexity index is 559. The lowest BCUT2D eigenvalue weighted by atomic mass is 10.1. The third-order valence-corrected chi connectivity index (χ3v) is 2.08. The Morgan fingerprint density at radius 3 is 2.65 bits per heavy atom. The first-order chi connectivity index (χ1) is 8.25. The zero-order chi connectivity index (χ0) is 12.1. The molecule has 0 spiro atoms. The van der Waals surface area contributed by atoms with E-state index in [2.05, 4.69) is 17.0 Å². The Kier molecular flexibility index (Phi) is 3.22. The minimum atomic E-state index is -0.921. The molecule has 1 heterocycles. The zero-order valence-corrected chi connectivity index (χ0v) is 8.88. The van der Waals surface area contributed by atoms with Gasteiger partial charge in [-0.25, -0.2) is 0 Å². The summed E-state index contributed by atoms with van der Waals surface area (Å²) in [4.78, 5) is 10.3. The van der Waals surface area contributed by atoms with E-state index in [1.54, 1.807) is 12.3 Å². The number of aromatic nitrogens is 1. The number of hydrogen-bond donors (Lipinski definition) is 1. The van der Waals surface area contributed by atoms with Crippen molar-refractivity contribution >= 4 is 5.97 Å². The molecule has 1 aromatic carbocycles. The van der Waals surface area contributed by atoms with E-state index >= 15 is 0 Å². The Balaban J connectivity index is 2.13. The molecule has 0 amide bonds. The molecule has 4 nitrogen and oxygen atoms in total. The number of rotatable bonds is 2. The Morgan fingerprint density at radius 2 is 2.06 bits per heavy atom. The van der Waals surface area contributed by atoms with E-state index < -0.39 is 5.97 Å². The van der Waals surface area contributed by atoms with Crippen LogP contribution in [0.25, 0.3) is 11.3 Å². The molecule has 2 rings (SSSR count). The van der Waals surface area contributed by atoms with Crippen LogP contribution in [0.4, 0.5) is 0 Å². The lowest BCUT2D eigenvalue weighted by Gasteiger charge is -1.95. The number of carboxylic acid groups (broad SMARTS) is 1. The van der Waals surface area contributed by atoms with Gasteiger partial charge in [0.1, 0.15) is 6.42 Å². The third-order valence-electron chi connectivity index (χ3n) is 2.08. The standard InChI is InChI=1S/C13H9NO3/c15-13(16)3-1-2-10-4-6-11(7-5-10)12-8-9-14-17-12/h4-9H,3H2,(H,15,16). The maximum absolute atomic E-state index is 10.3. The van der Waals surface area contributed by atoms with Crippen LogP contribution in [0.2, 0.25) is 0 Å². The normalized spacial score (nSPS) is 9.41. The van der Waals surface area contributed by atoms with Crippen LogP contribution in [-0.4, -0.2) is 16.2 Å². The summed E-state index contributed by atoms with van der Waals surface area (Å²) < 4.78 is 5.01. The largest absolute Gasteiger partial charge is 0.481 e. The molecule has 0 radical (unpaired) electrons. The second-order valence-electron chi connectivity index (χ2n) is 3.33. The summed E-state index contributed by atoms with van der Waals surface area (Å²) in [5.41, 5.74) is 1.68. The van der Waals surface area contributed by atoms with E-state index in [4.69, 9.17) is 9.63 Å². The molecule has 0 aliphatic carbocycles. The van der Waals surface area contributed by atoms with Gasteiger partial charge in [-0.05, 0) is 24.3 Å². The number of nitrogens with zero attached hydrogens (tertiary/aromatic N) is 1. The maximum atomic E-state index is 10.3. The monoisotopic (exact) mass is 227 g/mol. The van der Waals surface area contributed by atoms with Gasteiger partial charge in [0, 0.05) is 17.2 Å². The molecule has 1 N–H and O–H groups in total. The summed E-state index contributed by atoms with van der Waals surface area (Å²) in [6.45, 7) is 0. The predicted octanol–water partition coefficient (Wildman–Crippen LogP) is 2.17. The first-order valence-corrected chi connectivity index (χ1v) is 4.97. The minimum absolute atomic E-state index is 0.149. The van der Waals surface area contributed by atoms with Crippen molar-refractivity contribution in [3.05, 3.63) is 42.1 Å². The van der Waals surface area contributed by atoms with Crippen molar-refractivity contribution < 1.29 is 14.4 Å². The lowest BCUT2D eigenvalue weighted by Crippen LogP contribution is -1.90. The summed E-state index contributed by atoms with van der Waals surface area (Å²) in [6.07, 6.45) is 1.43. The summed E-state index contributed by atoms with van der Waals surface area (Å²) in [5.74, 6) is 5.11. The number of hydrogen-bond acceptors (Lipinski definition) is 3. The van der Waals surface area contributed by atoms with Crippen molar-refractivity contribution in [2.45, 2.75) is 6.42 Å². The Labute approximate surface area is 97.9 Å². The molecule has 17 heavy (non-hydrogen) atoms. The van der Waals surface area contributed by atoms with Crippen molar-refractivity contribution in [3.63, 3.8) is 0 Å². The van der Waals surface area contributed by atoms with E-state index in [1.165, 1.54) is 0 Å². The van der Waals surface area contributed by atoms with Crippen molar-refractivity contribution in [1.29, 1.82) is 0 Å². The van der Waals surface area contributed by atoms with Crippen molar-refractivity contribution in [2.24, 2.45) is 0 Å². The van der Waals surface area contributed by atoms with Crippen LogP contribution < -0.4 is 0 Å². The van der Waals surface area contributed by atoms with Crippen molar-refractivity contribution in [1.82, 2.24) is 5.16 Å². The second-order valence-corrected chi connectivity index (χ2v) is 3.33. The predicted molar refractivity (Wildman–Crippen MR) is 61.1 cm³/mol. The molecular formula is C13H9NO3. The van der Waals surface area contributed by atoms with Crippen molar-refractivity contribution in [3.8, 4) is 23.2 Å². The smallest absolute Gasteiger partial charge is 0.315 e. The lowest BCUT2D eigenvalue weighted by molar-refractivity contribution is -0.135. The molecule has 4 heteroatoms. The van der Waals surface area contributed by atoms with Crippen LogP contribution in [0.3, 0.4) is 0 Å². The summed E-state index contributed by atoms with van der Waals surface area (Å²) >= 11 is 0. The van der Waals surface area contributed by atoms with Crippen LogP contribution in [0.1, 0.15) is 12.0 Å². The van der Waals surface area contributed by atoms with Gasteiger partial charge in [0.2, 0.25) is 0 Å². The molecular weight excluding hydrogens is 218 g/mol. The van der Waals surface area contributed by atoms with E-state index in [1.807, 2.05) is 24.3 Å². The fourth-order valence-corrected chi connectivity index (χ4v) is 1.30. The van der Waals surface area contributed by atoms with Crippen LogP contribution in [-0.2, 0) is 4.79 Å². The highest BCUT2D eigenvalue weighted by Gasteiger charge is 2.00. The second kappa shape index (κ2) is 4.99. The topological polar surface area (TPSA) is 63.3 Å². The van der Waals surface area contributed by atoms with Crippen LogP contribution in [0, 0.1) is 11.8 Å². The highest BCUT2D eigenvalue weighted by molar-refractivity contribution is 5.70. The summed E-state index contributed by atoms with van der Waals surface area (Å²) in [6, 6.07) is 9.10. The van der Waals surface area contributed by atoms with Crippen LogP contribution in [0.5, 0.6) is 0 Å². The van der Waals surface area contributed by atoms with Gasteiger partial charge in [0.25, 0.3) is 0 Å². The quantitative estimate of drug-likeness (QED) is 0.798. The summed E-state index contributed by atoms with van der Waals surface area (Å²) in [5, 5.41) is 12.1. The number of aliphatic carboxylic acids is 1. The highest BCUT2D eigenvalue weighted by atomic mass is 16.5. The Hall–Kier alpha value is -2.54. The fraction of sp³-hybridized carbons (Fsp3) is 0.0769. The molecule has 0 bridgehead atoms. The van der Waals surface area contributed by atoms with Crippen LogP contribution in [0.15, 0.2) is 41.1 Å². The first kappa shape index (κ1) is 11.0. The van der Waals surface area contributed by atoms with Gasteiger partial charge >= 0.3 is 5.97 Å². The molecule has 0 saturated carbocycles. The minimum Gasteiger partial charge on any atom is -0.481 e. The molecule has 0 aliphatic rings. The van der Waals surface area contributed by atoms with Gasteiger partial charge in [0.15, 0.2) is 5.76 Å². The molecule has 0 atom stereocenters. The average molecular weight is 227 g/mol. The first-order valence-electron chi connectivity index (χ1n) is 4.97. The Morgan fingerprint density at radius 1 is 1.29 bits per heavy atom. The number of carbonyl (C=O) groups is 1. The fourth-order valence-electron chi connectivity index (χ4n) is 1.30. The van der Waals surface area contributed by atoms with Crippen molar-refractivity contribution in [2.75, 3.05) is 0 Å². The van der Waals surface area contributed by atoms with Gasteiger partial charge in [-0.2, -0.15) is 0 Å². The molecule has 1 aromatic heterocycles. The molecule has 84 valence electrons. The van der Waals surface area contributed by atoms with Gasteiger partial charge in [0.05, 0.1) is 6.20 Å². The number of carboxylic acids is 1. The van der Waals surface area contributed by atoms with E-state index in [-0.39, 0.29) is 6.42 Å². The third kappa shape index (κ3) is 2.95. The molecule has 0 fully saturated rings. The van der Waals surface area contributed by atoms with Crippen LogP contribution >= 0.6 is 0 Å². The maximum Gasteiger partial charge on any atom is 0.315 e. The van der Waals surface area contributed by atoms with Gasteiger partial charge < -0.3 is 9.63 Å².